The van der Waals surface area contributed by atoms with Gasteiger partial charge in [-0.1, -0.05) is 12.1 Å². The van der Waals surface area contributed by atoms with E-state index in [0.717, 1.165) is 5.56 Å². The van der Waals surface area contributed by atoms with Crippen LogP contribution in [0.2, 0.25) is 0 Å². The Balaban J connectivity index is 1.69. The number of fused-ring (bicyclic) bond motifs is 1. The van der Waals surface area contributed by atoms with E-state index in [0.29, 0.717) is 16.6 Å². The van der Waals surface area contributed by atoms with Crippen molar-refractivity contribution in [3.8, 4) is 0 Å². The maximum absolute atomic E-state index is 13.1. The first kappa shape index (κ1) is 14.7. The average molecular weight is 313 g/mol. The molecule has 0 aliphatic heterocycles. The molecule has 2 aromatic carbocycles. The van der Waals surface area contributed by atoms with Crippen LogP contribution in [0.25, 0.3) is 10.9 Å². The van der Waals surface area contributed by atoms with Gasteiger partial charge in [-0.25, -0.2) is 4.39 Å². The summed E-state index contributed by atoms with van der Waals surface area (Å²) in [6.07, 6.45) is 0. The van der Waals surface area contributed by atoms with Gasteiger partial charge in [0, 0.05) is 29.6 Å². The zero-order valence-electron chi connectivity index (χ0n) is 11.9. The Hall–Kier alpha value is -3.22. The molecule has 7 heteroatoms. The molecule has 0 saturated carbocycles. The lowest BCUT2D eigenvalue weighted by Crippen LogP contribution is -2.23. The minimum Gasteiger partial charge on any atom is -0.351 e. The van der Waals surface area contributed by atoms with Gasteiger partial charge < -0.3 is 10.3 Å². The van der Waals surface area contributed by atoms with Crippen LogP contribution in [0.5, 0.6) is 0 Å². The van der Waals surface area contributed by atoms with Crippen LogP contribution in [0, 0.1) is 15.9 Å². The third-order valence-electron chi connectivity index (χ3n) is 3.43. The summed E-state index contributed by atoms with van der Waals surface area (Å²) < 4.78 is 13.1. The van der Waals surface area contributed by atoms with Crippen LogP contribution in [0.3, 0.4) is 0 Å². The number of nitro groups is 1. The molecule has 2 N–H and O–H groups in total. The fraction of sp³-hybridized carbons (Fsp3) is 0.0625. The number of nitrogens with zero attached hydrogens (tertiary/aromatic N) is 1. The molecule has 23 heavy (non-hydrogen) atoms. The van der Waals surface area contributed by atoms with Crippen molar-refractivity contribution in [2.45, 2.75) is 6.54 Å². The second-order valence-corrected chi connectivity index (χ2v) is 5.02. The molecule has 0 atom stereocenters. The van der Waals surface area contributed by atoms with Crippen LogP contribution in [-0.4, -0.2) is 15.8 Å². The van der Waals surface area contributed by atoms with Crippen LogP contribution in [0.4, 0.5) is 10.1 Å². The molecule has 0 aliphatic carbocycles. The van der Waals surface area contributed by atoms with Crippen molar-refractivity contribution in [2.24, 2.45) is 0 Å². The molecule has 0 aliphatic rings. The number of benzene rings is 2. The van der Waals surface area contributed by atoms with Crippen molar-refractivity contribution in [2.75, 3.05) is 0 Å². The number of carbonyl (C=O) groups excluding carboxylic acids is 1. The molecule has 0 unspecified atom stereocenters. The lowest BCUT2D eigenvalue weighted by Gasteiger charge is -2.03. The molecule has 0 radical (unpaired) electrons. The third-order valence-corrected chi connectivity index (χ3v) is 3.43. The highest BCUT2D eigenvalue weighted by Gasteiger charge is 2.10. The number of hydrogen-bond donors (Lipinski definition) is 2. The van der Waals surface area contributed by atoms with Gasteiger partial charge in [-0.2, -0.15) is 0 Å². The van der Waals surface area contributed by atoms with Gasteiger partial charge in [0.25, 0.3) is 11.6 Å². The zero-order valence-corrected chi connectivity index (χ0v) is 11.9. The van der Waals surface area contributed by atoms with E-state index in [4.69, 9.17) is 0 Å². The van der Waals surface area contributed by atoms with E-state index >= 15 is 0 Å². The monoisotopic (exact) mass is 313 g/mol. The SMILES string of the molecule is O=C(NCc1ccc([N+](=O)[O-])cc1)c1cc2cc(F)ccc2[nH]1. The van der Waals surface area contributed by atoms with Gasteiger partial charge in [-0.3, -0.25) is 14.9 Å². The first-order valence-corrected chi connectivity index (χ1v) is 6.83. The minimum atomic E-state index is -0.480. The highest BCUT2D eigenvalue weighted by atomic mass is 19.1. The number of carbonyl (C=O) groups is 1. The molecule has 3 rings (SSSR count). The van der Waals surface area contributed by atoms with Gasteiger partial charge in [0.15, 0.2) is 0 Å². The second-order valence-electron chi connectivity index (χ2n) is 5.02. The lowest BCUT2D eigenvalue weighted by atomic mass is 10.2. The molecular weight excluding hydrogens is 301 g/mol. The molecule has 1 amide bonds. The highest BCUT2D eigenvalue weighted by Crippen LogP contribution is 2.17. The van der Waals surface area contributed by atoms with Crippen molar-refractivity contribution in [1.82, 2.24) is 10.3 Å². The fourth-order valence-electron chi connectivity index (χ4n) is 2.24. The van der Waals surface area contributed by atoms with E-state index in [-0.39, 0.29) is 24.0 Å². The summed E-state index contributed by atoms with van der Waals surface area (Å²) in [5, 5.41) is 13.9. The molecule has 0 bridgehead atoms. The summed E-state index contributed by atoms with van der Waals surface area (Å²) in [5.41, 5.74) is 1.74. The zero-order chi connectivity index (χ0) is 16.4. The maximum Gasteiger partial charge on any atom is 0.269 e. The van der Waals surface area contributed by atoms with Crippen LogP contribution in [0.15, 0.2) is 48.5 Å². The van der Waals surface area contributed by atoms with Gasteiger partial charge in [0.05, 0.1) is 4.92 Å². The first-order chi connectivity index (χ1) is 11.0. The number of non-ortho nitro benzene ring substituents is 1. The van der Waals surface area contributed by atoms with E-state index < -0.39 is 4.92 Å². The maximum atomic E-state index is 13.1. The first-order valence-electron chi connectivity index (χ1n) is 6.83. The predicted molar refractivity (Wildman–Crippen MR) is 82.5 cm³/mol. The Labute approximate surface area is 130 Å². The molecular formula is C16H12FN3O3. The predicted octanol–water partition coefficient (Wildman–Crippen LogP) is 3.15. The summed E-state index contributed by atoms with van der Waals surface area (Å²) >= 11 is 0. The number of amides is 1. The normalized spacial score (nSPS) is 10.7. The van der Waals surface area contributed by atoms with Crippen LogP contribution in [0.1, 0.15) is 16.1 Å². The largest absolute Gasteiger partial charge is 0.351 e. The van der Waals surface area contributed by atoms with E-state index in [1.54, 1.807) is 24.3 Å². The van der Waals surface area contributed by atoms with Crippen LogP contribution in [-0.2, 0) is 6.54 Å². The third kappa shape index (κ3) is 3.18. The number of halogens is 1. The number of aromatic amines is 1. The summed E-state index contributed by atoms with van der Waals surface area (Å²) in [6.45, 7) is 0.237. The average Bonchev–Trinajstić information content (AvgIpc) is 2.96. The van der Waals surface area contributed by atoms with E-state index in [1.165, 1.54) is 24.3 Å². The van der Waals surface area contributed by atoms with Gasteiger partial charge in [0.2, 0.25) is 0 Å². The molecule has 1 aromatic heterocycles. The molecule has 0 spiro atoms. The van der Waals surface area contributed by atoms with Crippen molar-refractivity contribution in [3.05, 3.63) is 75.7 Å². The minimum absolute atomic E-state index is 0.00211. The number of H-pyrrole nitrogens is 1. The molecule has 3 aromatic rings. The number of rotatable bonds is 4. The summed E-state index contributed by atoms with van der Waals surface area (Å²) in [5.74, 6) is -0.700. The summed E-state index contributed by atoms with van der Waals surface area (Å²) in [4.78, 5) is 25.1. The van der Waals surface area contributed by atoms with Crippen molar-refractivity contribution in [3.63, 3.8) is 0 Å². The Bertz CT molecular complexity index is 887. The smallest absolute Gasteiger partial charge is 0.269 e. The van der Waals surface area contributed by atoms with Gasteiger partial charge >= 0.3 is 0 Å². The van der Waals surface area contributed by atoms with Crippen LogP contribution >= 0.6 is 0 Å². The standard InChI is InChI=1S/C16H12FN3O3/c17-12-3-6-14-11(7-12)8-15(19-14)16(21)18-9-10-1-4-13(5-2-10)20(22)23/h1-8,19H,9H2,(H,18,21). The Morgan fingerprint density at radius 1 is 1.17 bits per heavy atom. The molecule has 0 fully saturated rings. The van der Waals surface area contributed by atoms with Crippen molar-refractivity contribution >= 4 is 22.5 Å². The quantitative estimate of drug-likeness (QED) is 0.573. The number of nitrogens with one attached hydrogen (secondary N) is 2. The second kappa shape index (κ2) is 5.88. The van der Waals surface area contributed by atoms with Gasteiger partial charge in [-0.05, 0) is 29.8 Å². The number of hydrogen-bond acceptors (Lipinski definition) is 3. The summed E-state index contributed by atoms with van der Waals surface area (Å²) in [7, 11) is 0. The molecule has 116 valence electrons. The fourth-order valence-corrected chi connectivity index (χ4v) is 2.24. The lowest BCUT2D eigenvalue weighted by molar-refractivity contribution is -0.384. The highest BCUT2D eigenvalue weighted by molar-refractivity contribution is 5.97. The van der Waals surface area contributed by atoms with E-state index in [1.807, 2.05) is 0 Å². The van der Waals surface area contributed by atoms with Crippen molar-refractivity contribution in [1.29, 1.82) is 0 Å². The Kier molecular flexibility index (Phi) is 3.76. The van der Waals surface area contributed by atoms with E-state index in [2.05, 4.69) is 10.3 Å². The topological polar surface area (TPSA) is 88.0 Å². The van der Waals surface area contributed by atoms with E-state index in [9.17, 15) is 19.3 Å². The molecule has 0 saturated heterocycles. The number of nitro benzene ring substituents is 1. The Morgan fingerprint density at radius 2 is 1.91 bits per heavy atom. The Morgan fingerprint density at radius 3 is 2.61 bits per heavy atom. The molecule has 1 heterocycles. The molecule has 6 nitrogen and oxygen atoms in total. The summed E-state index contributed by atoms with van der Waals surface area (Å²) in [6, 6.07) is 11.7. The van der Waals surface area contributed by atoms with Crippen LogP contribution < -0.4 is 5.32 Å². The van der Waals surface area contributed by atoms with Gasteiger partial charge in [0.1, 0.15) is 11.5 Å². The van der Waals surface area contributed by atoms with Crippen molar-refractivity contribution < 1.29 is 14.1 Å². The number of aromatic nitrogens is 1. The van der Waals surface area contributed by atoms with Gasteiger partial charge in [-0.15, -0.1) is 0 Å².